The van der Waals surface area contributed by atoms with Crippen LogP contribution in [-0.4, -0.2) is 0 Å². The number of ether oxygens (including phenoxy) is 1. The van der Waals surface area contributed by atoms with Crippen molar-refractivity contribution in [3.05, 3.63) is 78.4 Å². The lowest BCUT2D eigenvalue weighted by Gasteiger charge is -2.10. The molecule has 0 saturated heterocycles. The Bertz CT molecular complexity index is 818. The average Bonchev–Trinajstić information content (AvgIpc) is 2.50. The summed E-state index contributed by atoms with van der Waals surface area (Å²) in [6.07, 6.45) is 0. The molecule has 0 radical (unpaired) electrons. The molecule has 0 heterocycles. The molecule has 4 heteroatoms. The highest BCUT2D eigenvalue weighted by atomic mass is 19.1. The van der Waals surface area contributed by atoms with Gasteiger partial charge in [-0.05, 0) is 42.0 Å². The highest BCUT2D eigenvalue weighted by Crippen LogP contribution is 2.31. The van der Waals surface area contributed by atoms with E-state index >= 15 is 0 Å². The third kappa shape index (κ3) is 2.91. The molecule has 0 unspecified atom stereocenters. The Kier molecular flexibility index (Phi) is 3.74. The highest BCUT2D eigenvalue weighted by molar-refractivity contribution is 5.66. The van der Waals surface area contributed by atoms with E-state index in [-0.39, 0.29) is 0 Å². The van der Waals surface area contributed by atoms with Gasteiger partial charge in [-0.1, -0.05) is 24.3 Å². The van der Waals surface area contributed by atoms with Gasteiger partial charge in [0, 0.05) is 11.6 Å². The zero-order valence-corrected chi connectivity index (χ0v) is 11.6. The summed E-state index contributed by atoms with van der Waals surface area (Å²) in [5.41, 5.74) is 7.26. The zero-order valence-electron chi connectivity index (χ0n) is 11.6. The molecule has 0 fully saturated rings. The molecular formula is C18H13F2NO. The van der Waals surface area contributed by atoms with Crippen molar-refractivity contribution in [2.45, 2.75) is 0 Å². The van der Waals surface area contributed by atoms with Crippen LogP contribution < -0.4 is 10.5 Å². The first-order chi connectivity index (χ1) is 10.6. The van der Waals surface area contributed by atoms with Crippen LogP contribution in [-0.2, 0) is 0 Å². The number of benzene rings is 3. The minimum absolute atomic E-state index is 0.313. The number of para-hydroxylation sites is 2. The third-order valence-corrected chi connectivity index (χ3v) is 3.22. The molecular weight excluding hydrogens is 284 g/mol. The molecule has 2 nitrogen and oxygen atoms in total. The Morgan fingerprint density at radius 2 is 1.64 bits per heavy atom. The van der Waals surface area contributed by atoms with Gasteiger partial charge in [0.1, 0.15) is 23.1 Å². The van der Waals surface area contributed by atoms with Gasteiger partial charge in [-0.15, -0.1) is 0 Å². The van der Waals surface area contributed by atoms with E-state index in [1.54, 1.807) is 36.4 Å². The zero-order chi connectivity index (χ0) is 15.5. The van der Waals surface area contributed by atoms with E-state index in [0.717, 1.165) is 6.07 Å². The first kappa shape index (κ1) is 14.1. The summed E-state index contributed by atoms with van der Waals surface area (Å²) in [7, 11) is 0. The monoisotopic (exact) mass is 297 g/mol. The van der Waals surface area contributed by atoms with Crippen molar-refractivity contribution in [1.82, 2.24) is 0 Å². The summed E-state index contributed by atoms with van der Waals surface area (Å²) in [4.78, 5) is 0. The van der Waals surface area contributed by atoms with Crippen LogP contribution in [0.25, 0.3) is 11.1 Å². The van der Waals surface area contributed by atoms with E-state index in [9.17, 15) is 8.78 Å². The van der Waals surface area contributed by atoms with Gasteiger partial charge >= 0.3 is 0 Å². The first-order valence-electron chi connectivity index (χ1n) is 6.71. The molecule has 0 aromatic heterocycles. The van der Waals surface area contributed by atoms with Crippen LogP contribution in [0.15, 0.2) is 66.7 Å². The average molecular weight is 297 g/mol. The van der Waals surface area contributed by atoms with E-state index in [4.69, 9.17) is 10.5 Å². The quantitative estimate of drug-likeness (QED) is 0.690. The van der Waals surface area contributed by atoms with Crippen molar-refractivity contribution in [2.75, 3.05) is 5.73 Å². The Labute approximate surface area is 126 Å². The van der Waals surface area contributed by atoms with E-state index < -0.39 is 11.6 Å². The fourth-order valence-corrected chi connectivity index (χ4v) is 2.15. The van der Waals surface area contributed by atoms with E-state index in [2.05, 4.69) is 0 Å². The van der Waals surface area contributed by atoms with Crippen LogP contribution in [0.5, 0.6) is 11.5 Å². The Morgan fingerprint density at radius 3 is 2.41 bits per heavy atom. The number of anilines is 1. The van der Waals surface area contributed by atoms with Crippen LogP contribution in [0.1, 0.15) is 0 Å². The molecule has 0 saturated carbocycles. The molecule has 0 aliphatic carbocycles. The topological polar surface area (TPSA) is 35.2 Å². The molecule has 0 aliphatic heterocycles. The molecule has 0 spiro atoms. The van der Waals surface area contributed by atoms with Gasteiger partial charge in [-0.2, -0.15) is 0 Å². The second-order valence-corrected chi connectivity index (χ2v) is 4.79. The summed E-state index contributed by atoms with van der Waals surface area (Å²) in [5.74, 6) is -0.166. The number of rotatable bonds is 3. The number of nitrogens with two attached hydrogens (primary N) is 1. The first-order valence-corrected chi connectivity index (χ1v) is 6.71. The number of hydrogen-bond donors (Lipinski definition) is 1. The molecule has 22 heavy (non-hydrogen) atoms. The number of nitrogen functional groups attached to an aromatic ring is 1. The van der Waals surface area contributed by atoms with Crippen LogP contribution in [0, 0.1) is 11.6 Å². The molecule has 0 amide bonds. The summed E-state index contributed by atoms with van der Waals surface area (Å²) in [6, 6.07) is 17.5. The lowest BCUT2D eigenvalue weighted by molar-refractivity contribution is 0.485. The SMILES string of the molecule is Nc1ccccc1Oc1cccc(-c2ccc(F)cc2F)c1. The van der Waals surface area contributed by atoms with E-state index in [1.165, 1.54) is 12.1 Å². The summed E-state index contributed by atoms with van der Waals surface area (Å²) in [6.45, 7) is 0. The van der Waals surface area contributed by atoms with E-state index in [1.807, 2.05) is 12.1 Å². The Morgan fingerprint density at radius 1 is 0.818 bits per heavy atom. The Balaban J connectivity index is 1.94. The normalized spacial score (nSPS) is 10.5. The number of halogens is 2. The van der Waals surface area contributed by atoms with Crippen molar-refractivity contribution in [2.24, 2.45) is 0 Å². The van der Waals surface area contributed by atoms with Gasteiger partial charge in [-0.25, -0.2) is 8.78 Å². The van der Waals surface area contributed by atoms with Crippen molar-refractivity contribution >= 4 is 5.69 Å². The second-order valence-electron chi connectivity index (χ2n) is 4.79. The molecule has 3 rings (SSSR count). The molecule has 3 aromatic rings. The van der Waals surface area contributed by atoms with Crippen molar-refractivity contribution < 1.29 is 13.5 Å². The molecule has 110 valence electrons. The second kappa shape index (κ2) is 5.85. The van der Waals surface area contributed by atoms with Gasteiger partial charge in [0.15, 0.2) is 0 Å². The van der Waals surface area contributed by atoms with Gasteiger partial charge in [0.2, 0.25) is 0 Å². The predicted octanol–water partition coefficient (Wildman–Crippen LogP) is 5.01. The van der Waals surface area contributed by atoms with Gasteiger partial charge in [-0.3, -0.25) is 0 Å². The van der Waals surface area contributed by atoms with Crippen molar-refractivity contribution in [1.29, 1.82) is 0 Å². The molecule has 2 N–H and O–H groups in total. The summed E-state index contributed by atoms with van der Waals surface area (Å²) >= 11 is 0. The molecule has 3 aromatic carbocycles. The van der Waals surface area contributed by atoms with Crippen LogP contribution in [0.4, 0.5) is 14.5 Å². The molecule has 0 aliphatic rings. The minimum atomic E-state index is -0.614. The standard InChI is InChI=1S/C18H13F2NO/c19-13-8-9-15(16(20)11-13)12-4-3-5-14(10-12)22-18-7-2-1-6-17(18)21/h1-11H,21H2. The predicted molar refractivity (Wildman–Crippen MR) is 82.7 cm³/mol. The van der Waals surface area contributed by atoms with Crippen molar-refractivity contribution in [3.8, 4) is 22.6 Å². The fourth-order valence-electron chi connectivity index (χ4n) is 2.15. The minimum Gasteiger partial charge on any atom is -0.455 e. The van der Waals surface area contributed by atoms with Gasteiger partial charge < -0.3 is 10.5 Å². The van der Waals surface area contributed by atoms with Gasteiger partial charge in [0.05, 0.1) is 5.69 Å². The Hall–Kier alpha value is -2.88. The summed E-state index contributed by atoms with van der Waals surface area (Å²) in [5, 5.41) is 0. The van der Waals surface area contributed by atoms with Gasteiger partial charge in [0.25, 0.3) is 0 Å². The largest absolute Gasteiger partial charge is 0.455 e. The fraction of sp³-hybridized carbons (Fsp3) is 0. The summed E-state index contributed by atoms with van der Waals surface area (Å²) < 4.78 is 32.6. The maximum atomic E-state index is 13.9. The number of hydrogen-bond acceptors (Lipinski definition) is 2. The lowest BCUT2D eigenvalue weighted by Crippen LogP contribution is -1.92. The molecule has 0 atom stereocenters. The van der Waals surface area contributed by atoms with Crippen LogP contribution in [0.3, 0.4) is 0 Å². The molecule has 0 bridgehead atoms. The van der Waals surface area contributed by atoms with Crippen LogP contribution in [0.2, 0.25) is 0 Å². The maximum Gasteiger partial charge on any atom is 0.150 e. The highest BCUT2D eigenvalue weighted by Gasteiger charge is 2.08. The lowest BCUT2D eigenvalue weighted by atomic mass is 10.0. The third-order valence-electron chi connectivity index (χ3n) is 3.22. The smallest absolute Gasteiger partial charge is 0.150 e. The van der Waals surface area contributed by atoms with Crippen LogP contribution >= 0.6 is 0 Å². The maximum absolute atomic E-state index is 13.9. The van der Waals surface area contributed by atoms with E-state index in [0.29, 0.717) is 28.3 Å². The van der Waals surface area contributed by atoms with Crippen molar-refractivity contribution in [3.63, 3.8) is 0 Å².